The molecule has 0 spiro atoms. The van der Waals surface area contributed by atoms with Crippen LogP contribution < -0.4 is 0 Å². The lowest BCUT2D eigenvalue weighted by Crippen LogP contribution is -2.30. The Bertz CT molecular complexity index is 164. The first kappa shape index (κ1) is 9.76. The molecule has 0 nitrogen and oxygen atoms in total. The molecule has 1 heteroatoms. The molecule has 0 unspecified atom stereocenters. The van der Waals surface area contributed by atoms with Gasteiger partial charge in [-0.1, -0.05) is 19.9 Å². The Labute approximate surface area is 74.9 Å². The second kappa shape index (κ2) is 3.59. The third-order valence-electron chi connectivity index (χ3n) is 3.24. The summed E-state index contributed by atoms with van der Waals surface area (Å²) in [5.41, 5.74) is -0.317. The predicted octanol–water partition coefficient (Wildman–Crippen LogP) is 3.87. The lowest BCUT2D eigenvalue weighted by Gasteiger charge is -2.34. The van der Waals surface area contributed by atoms with Crippen molar-refractivity contribution in [2.45, 2.75) is 51.6 Å². The summed E-state index contributed by atoms with van der Waals surface area (Å²) in [4.78, 5) is 0. The van der Waals surface area contributed by atoms with Crippen LogP contribution in [0.25, 0.3) is 0 Å². The third kappa shape index (κ3) is 1.88. The molecule has 1 fully saturated rings. The maximum Gasteiger partial charge on any atom is 0.131 e. The molecule has 0 aromatic rings. The molecule has 0 bridgehead atoms. The fraction of sp³-hybridized carbons (Fsp3) is 0.818. The van der Waals surface area contributed by atoms with Crippen LogP contribution in [0.5, 0.6) is 0 Å². The van der Waals surface area contributed by atoms with Crippen molar-refractivity contribution in [1.29, 1.82) is 0 Å². The lowest BCUT2D eigenvalue weighted by molar-refractivity contribution is 0.120. The number of halogens is 1. The second-order valence-electron chi connectivity index (χ2n) is 4.10. The third-order valence-corrected chi connectivity index (χ3v) is 3.24. The Kier molecular flexibility index (Phi) is 2.92. The maximum atomic E-state index is 13.9. The van der Waals surface area contributed by atoms with Gasteiger partial charge in [-0.15, -0.1) is 0 Å². The number of hydrogen-bond donors (Lipinski definition) is 0. The number of allylic oxidation sites excluding steroid dienone is 1. The zero-order valence-corrected chi connectivity index (χ0v) is 8.20. The predicted molar refractivity (Wildman–Crippen MR) is 50.9 cm³/mol. The number of alkyl halides is 1. The van der Waals surface area contributed by atoms with Gasteiger partial charge in [0.05, 0.1) is 0 Å². The zero-order valence-electron chi connectivity index (χ0n) is 8.20. The summed E-state index contributed by atoms with van der Waals surface area (Å²) in [6, 6.07) is 0. The van der Waals surface area contributed by atoms with Gasteiger partial charge in [0.2, 0.25) is 0 Å². The molecule has 12 heavy (non-hydrogen) atoms. The van der Waals surface area contributed by atoms with Crippen LogP contribution in [0.1, 0.15) is 46.0 Å². The first-order chi connectivity index (χ1) is 5.58. The zero-order chi connectivity index (χ0) is 9.19. The summed E-state index contributed by atoms with van der Waals surface area (Å²) in [6.45, 7) is 7.73. The topological polar surface area (TPSA) is 0 Å². The van der Waals surface area contributed by atoms with E-state index in [1.54, 1.807) is 0 Å². The highest BCUT2D eigenvalue weighted by atomic mass is 19.1. The summed E-state index contributed by atoms with van der Waals surface area (Å²) in [7, 11) is 0. The normalized spacial score (nSPS) is 36.4. The van der Waals surface area contributed by atoms with E-state index in [2.05, 4.69) is 13.5 Å². The smallest absolute Gasteiger partial charge is 0.131 e. The highest BCUT2D eigenvalue weighted by Gasteiger charge is 2.35. The van der Waals surface area contributed by atoms with Crippen LogP contribution in [0.2, 0.25) is 0 Å². The molecule has 70 valence electrons. The Morgan fingerprint density at radius 3 is 2.33 bits per heavy atom. The van der Waals surface area contributed by atoms with E-state index in [4.69, 9.17) is 0 Å². The SMILES string of the molecule is C=C(C)C1(F)CCC(CC)CC1. The van der Waals surface area contributed by atoms with Crippen LogP contribution in [0.4, 0.5) is 4.39 Å². The van der Waals surface area contributed by atoms with Gasteiger partial charge in [0.1, 0.15) is 5.67 Å². The summed E-state index contributed by atoms with van der Waals surface area (Å²) in [5.74, 6) is 0.758. The van der Waals surface area contributed by atoms with Crippen molar-refractivity contribution < 1.29 is 4.39 Å². The van der Waals surface area contributed by atoms with E-state index in [0.29, 0.717) is 12.8 Å². The van der Waals surface area contributed by atoms with Gasteiger partial charge in [-0.3, -0.25) is 0 Å². The Hall–Kier alpha value is -0.330. The van der Waals surface area contributed by atoms with Gasteiger partial charge in [0, 0.05) is 0 Å². The molecule has 1 rings (SSSR count). The van der Waals surface area contributed by atoms with Gasteiger partial charge in [-0.2, -0.15) is 0 Å². The molecule has 0 heterocycles. The van der Waals surface area contributed by atoms with Gasteiger partial charge in [-0.05, 0) is 44.1 Å². The van der Waals surface area contributed by atoms with Crippen molar-refractivity contribution >= 4 is 0 Å². The molecule has 0 saturated heterocycles. The van der Waals surface area contributed by atoms with Gasteiger partial charge in [0.25, 0.3) is 0 Å². The first-order valence-corrected chi connectivity index (χ1v) is 4.93. The van der Waals surface area contributed by atoms with Crippen molar-refractivity contribution in [3.05, 3.63) is 12.2 Å². The van der Waals surface area contributed by atoms with Crippen LogP contribution in [0, 0.1) is 5.92 Å². The highest BCUT2D eigenvalue weighted by molar-refractivity contribution is 5.11. The van der Waals surface area contributed by atoms with Crippen molar-refractivity contribution in [3.8, 4) is 0 Å². The number of hydrogen-bond acceptors (Lipinski definition) is 0. The molecular formula is C11H19F. The van der Waals surface area contributed by atoms with Crippen molar-refractivity contribution in [2.75, 3.05) is 0 Å². The minimum absolute atomic E-state index is 0.695. The summed E-state index contributed by atoms with van der Waals surface area (Å²) >= 11 is 0. The van der Waals surface area contributed by atoms with Crippen molar-refractivity contribution in [2.24, 2.45) is 5.92 Å². The molecule has 1 aliphatic rings. The second-order valence-corrected chi connectivity index (χ2v) is 4.10. The van der Waals surface area contributed by atoms with E-state index in [-0.39, 0.29) is 0 Å². The van der Waals surface area contributed by atoms with E-state index in [0.717, 1.165) is 24.3 Å². The molecular weight excluding hydrogens is 151 g/mol. The average molecular weight is 170 g/mol. The summed E-state index contributed by atoms with van der Waals surface area (Å²) in [6.07, 6.45) is 4.67. The van der Waals surface area contributed by atoms with Gasteiger partial charge >= 0.3 is 0 Å². The standard InChI is InChI=1S/C11H19F/c1-4-10-5-7-11(12,8-6-10)9(2)3/h10H,2,4-8H2,1,3H3. The highest BCUT2D eigenvalue weighted by Crippen LogP contribution is 2.40. The molecule has 0 N–H and O–H groups in total. The van der Waals surface area contributed by atoms with Gasteiger partial charge < -0.3 is 0 Å². The first-order valence-electron chi connectivity index (χ1n) is 4.93. The van der Waals surface area contributed by atoms with Crippen LogP contribution in [-0.4, -0.2) is 5.67 Å². The monoisotopic (exact) mass is 170 g/mol. The van der Waals surface area contributed by atoms with Gasteiger partial charge in [0.15, 0.2) is 0 Å². The van der Waals surface area contributed by atoms with Crippen LogP contribution in [-0.2, 0) is 0 Å². The molecule has 0 aliphatic heterocycles. The Morgan fingerprint density at radius 1 is 1.50 bits per heavy atom. The largest absolute Gasteiger partial charge is 0.239 e. The molecule has 0 atom stereocenters. The summed E-state index contributed by atoms with van der Waals surface area (Å²) < 4.78 is 13.9. The van der Waals surface area contributed by atoms with Gasteiger partial charge in [-0.25, -0.2) is 4.39 Å². The van der Waals surface area contributed by atoms with Crippen LogP contribution in [0.3, 0.4) is 0 Å². The van der Waals surface area contributed by atoms with E-state index in [1.165, 1.54) is 6.42 Å². The van der Waals surface area contributed by atoms with Crippen LogP contribution in [0.15, 0.2) is 12.2 Å². The van der Waals surface area contributed by atoms with Crippen LogP contribution >= 0.6 is 0 Å². The Balaban J connectivity index is 2.49. The minimum Gasteiger partial charge on any atom is -0.239 e. The molecule has 1 aliphatic carbocycles. The van der Waals surface area contributed by atoms with Crippen molar-refractivity contribution in [1.82, 2.24) is 0 Å². The quantitative estimate of drug-likeness (QED) is 0.552. The lowest BCUT2D eigenvalue weighted by atomic mass is 9.76. The molecule has 0 aromatic carbocycles. The summed E-state index contributed by atoms with van der Waals surface area (Å²) in [5, 5.41) is 0. The maximum absolute atomic E-state index is 13.9. The molecule has 0 aromatic heterocycles. The van der Waals surface area contributed by atoms with E-state index in [9.17, 15) is 4.39 Å². The van der Waals surface area contributed by atoms with E-state index < -0.39 is 5.67 Å². The molecule has 1 saturated carbocycles. The molecule has 0 radical (unpaired) electrons. The Morgan fingerprint density at radius 2 is 2.00 bits per heavy atom. The molecule has 0 amide bonds. The van der Waals surface area contributed by atoms with E-state index in [1.807, 2.05) is 6.92 Å². The average Bonchev–Trinajstić information content (AvgIpc) is 2.06. The fourth-order valence-electron chi connectivity index (χ4n) is 1.97. The van der Waals surface area contributed by atoms with E-state index >= 15 is 0 Å². The fourth-order valence-corrected chi connectivity index (χ4v) is 1.97. The van der Waals surface area contributed by atoms with Crippen molar-refractivity contribution in [3.63, 3.8) is 0 Å². The number of rotatable bonds is 2. The minimum atomic E-state index is -1.04.